The summed E-state index contributed by atoms with van der Waals surface area (Å²) in [7, 11) is 0. The van der Waals surface area contributed by atoms with Crippen LogP contribution in [0.2, 0.25) is 0 Å². The van der Waals surface area contributed by atoms with Gasteiger partial charge in [0.15, 0.2) is 0 Å². The number of fused-ring (bicyclic) bond motifs is 2. The lowest BCUT2D eigenvalue weighted by Crippen LogP contribution is -2.21. The van der Waals surface area contributed by atoms with E-state index in [0.29, 0.717) is 33.3 Å². The molecule has 0 unspecified atom stereocenters. The van der Waals surface area contributed by atoms with Crippen molar-refractivity contribution < 1.29 is 17.6 Å². The Balaban J connectivity index is 0.000000186. The average molecular weight is 837 g/mol. The third-order valence-corrected chi connectivity index (χ3v) is 9.73. The molecular weight excluding hydrogens is 805 g/mol. The van der Waals surface area contributed by atoms with Crippen molar-refractivity contribution in [2.24, 2.45) is 0 Å². The Morgan fingerprint density at radius 3 is 1.35 bits per heavy atom. The number of anilines is 4. The Kier molecular flexibility index (Phi) is 11.6. The van der Waals surface area contributed by atoms with E-state index in [4.69, 9.17) is 24.6 Å². The predicted molar refractivity (Wildman–Crippen MR) is 228 cm³/mol. The Hall–Kier alpha value is -8.64. The number of hydrogen-bond donors (Lipinski definition) is 4. The molecule has 6 heterocycles. The maximum Gasteiger partial charge on any atom is 0.268 e. The van der Waals surface area contributed by atoms with E-state index < -0.39 is 46.5 Å². The molecule has 0 aliphatic carbocycles. The van der Waals surface area contributed by atoms with Crippen LogP contribution < -0.4 is 33.2 Å². The van der Waals surface area contributed by atoms with Crippen LogP contribution >= 0.6 is 0 Å². The highest BCUT2D eigenvalue weighted by atomic mass is 19.1. The van der Waals surface area contributed by atoms with Crippen LogP contribution in [0.1, 0.15) is 37.1 Å². The molecule has 14 nitrogen and oxygen atoms in total. The third-order valence-electron chi connectivity index (χ3n) is 9.73. The van der Waals surface area contributed by atoms with Crippen molar-refractivity contribution in [3.8, 4) is 22.3 Å². The molecule has 0 amide bonds. The number of nitrogen functional groups attached to an aromatic ring is 2. The molecule has 2 aromatic carbocycles. The fourth-order valence-corrected chi connectivity index (χ4v) is 6.84. The highest BCUT2D eigenvalue weighted by Gasteiger charge is 2.23. The number of nitrogens with one attached hydrogen (secondary N) is 2. The maximum absolute atomic E-state index is 13.9. The summed E-state index contributed by atoms with van der Waals surface area (Å²) in [5.41, 5.74) is 13.7. The maximum atomic E-state index is 13.9. The summed E-state index contributed by atoms with van der Waals surface area (Å²) in [6.45, 7) is 18.2. The molecule has 2 atom stereocenters. The molecular formula is C44H32F4N12O2. The van der Waals surface area contributed by atoms with Gasteiger partial charge in [0, 0.05) is 35.5 Å². The highest BCUT2D eigenvalue weighted by molar-refractivity contribution is 5.79. The molecule has 8 aromatic rings. The van der Waals surface area contributed by atoms with Crippen molar-refractivity contribution in [2.75, 3.05) is 22.1 Å². The zero-order valence-corrected chi connectivity index (χ0v) is 32.6. The van der Waals surface area contributed by atoms with Crippen molar-refractivity contribution in [2.45, 2.75) is 25.9 Å². The summed E-state index contributed by atoms with van der Waals surface area (Å²) in [6, 6.07) is 19.1. The number of nitrogens with two attached hydrogens (primary N) is 2. The summed E-state index contributed by atoms with van der Waals surface area (Å²) in [6.07, 6.45) is 4.63. The van der Waals surface area contributed by atoms with Gasteiger partial charge >= 0.3 is 0 Å². The van der Waals surface area contributed by atoms with Gasteiger partial charge in [-0.3, -0.25) is 18.4 Å². The van der Waals surface area contributed by atoms with E-state index in [1.807, 2.05) is 0 Å². The number of pyridine rings is 4. The van der Waals surface area contributed by atoms with Crippen LogP contribution in [-0.2, 0) is 0 Å². The van der Waals surface area contributed by atoms with E-state index >= 15 is 0 Å². The van der Waals surface area contributed by atoms with Crippen LogP contribution in [0.3, 0.4) is 0 Å². The summed E-state index contributed by atoms with van der Waals surface area (Å²) < 4.78 is 57.8. The van der Waals surface area contributed by atoms with Gasteiger partial charge in [-0.2, -0.15) is 0 Å². The van der Waals surface area contributed by atoms with E-state index in [2.05, 4.69) is 40.3 Å². The molecule has 0 saturated heterocycles. The minimum atomic E-state index is -0.572. The highest BCUT2D eigenvalue weighted by Crippen LogP contribution is 2.35. The summed E-state index contributed by atoms with van der Waals surface area (Å²) in [5, 5.41) is 6.17. The lowest BCUT2D eigenvalue weighted by molar-refractivity contribution is 0.617. The van der Waals surface area contributed by atoms with E-state index in [0.717, 1.165) is 12.4 Å². The van der Waals surface area contributed by atoms with Gasteiger partial charge in [-0.05, 0) is 96.8 Å². The van der Waals surface area contributed by atoms with Gasteiger partial charge in [-0.25, -0.2) is 47.2 Å². The van der Waals surface area contributed by atoms with Crippen LogP contribution in [0.15, 0.2) is 120 Å². The van der Waals surface area contributed by atoms with Crippen molar-refractivity contribution >= 4 is 45.7 Å². The largest absolute Gasteiger partial charge is 0.392 e. The van der Waals surface area contributed by atoms with Crippen LogP contribution in [0.25, 0.3) is 43.0 Å². The first-order chi connectivity index (χ1) is 29.8. The van der Waals surface area contributed by atoms with Gasteiger partial charge in [0.1, 0.15) is 59.2 Å². The van der Waals surface area contributed by atoms with E-state index in [1.54, 1.807) is 38.1 Å². The molecule has 18 heteroatoms. The Morgan fingerprint density at radius 2 is 0.984 bits per heavy atom. The van der Waals surface area contributed by atoms with Crippen LogP contribution in [0, 0.1) is 36.4 Å². The Labute approximate surface area is 349 Å². The Morgan fingerprint density at radius 1 is 0.581 bits per heavy atom. The minimum absolute atomic E-state index is 0.0270. The zero-order valence-electron chi connectivity index (χ0n) is 32.6. The monoisotopic (exact) mass is 836 g/mol. The van der Waals surface area contributed by atoms with Gasteiger partial charge in [0.2, 0.25) is 0 Å². The molecule has 0 aliphatic rings. The van der Waals surface area contributed by atoms with Crippen molar-refractivity contribution in [3.63, 3.8) is 0 Å². The zero-order chi connectivity index (χ0) is 44.2. The number of nitrogens with zero attached hydrogens (tertiary/aromatic N) is 8. The molecule has 8 rings (SSSR count). The minimum Gasteiger partial charge on any atom is -0.392 e. The SMILES string of the molecule is [C-]#[N+]c1c(N)ncnc1N[C@@H](C)c1cc2ccc(F)cn2c(=O)c1-c1cccc(F)c1.[C-]#[N+]c1c(N)ncnc1N[C@H](C)c1cc2ccc(F)cn2c(=O)c1-c1cccc(F)c1. The van der Waals surface area contributed by atoms with Crippen molar-refractivity contribution in [1.29, 1.82) is 0 Å². The molecule has 308 valence electrons. The third kappa shape index (κ3) is 8.29. The second-order valence-electron chi connectivity index (χ2n) is 13.7. The normalized spacial score (nSPS) is 11.8. The summed E-state index contributed by atoms with van der Waals surface area (Å²) >= 11 is 0. The first kappa shape index (κ1) is 41.5. The first-order valence-corrected chi connectivity index (χ1v) is 18.5. The molecule has 0 radical (unpaired) electrons. The topological polar surface area (TPSA) is 179 Å². The molecule has 6 aromatic heterocycles. The summed E-state index contributed by atoms with van der Waals surface area (Å²) in [5.74, 6) is -1.69. The number of benzene rings is 2. The van der Waals surface area contributed by atoms with Gasteiger partial charge in [-0.1, -0.05) is 24.3 Å². The van der Waals surface area contributed by atoms with Crippen molar-refractivity contribution in [3.05, 3.63) is 188 Å². The van der Waals surface area contributed by atoms with Crippen LogP contribution in [0.5, 0.6) is 0 Å². The second-order valence-corrected chi connectivity index (χ2v) is 13.7. The fourth-order valence-electron chi connectivity index (χ4n) is 6.84. The number of hydrogen-bond acceptors (Lipinski definition) is 10. The van der Waals surface area contributed by atoms with E-state index in [1.165, 1.54) is 82.1 Å². The molecule has 0 saturated carbocycles. The Bertz CT molecular complexity index is 3040. The fraction of sp³-hybridized carbons (Fsp3) is 0.0909. The van der Waals surface area contributed by atoms with E-state index in [-0.39, 0.29) is 45.8 Å². The lowest BCUT2D eigenvalue weighted by atomic mass is 9.96. The standard InChI is InChI=1S/2C22H16F2N6O/c2*1-12(29-21-19(26-2)20(25)27-11-28-21)17-9-16-7-6-15(24)10-30(16)22(31)18(17)13-4-3-5-14(23)8-13/h2*3-12H,1H3,(H3,25,27,28,29)/t2*12-/m10/s1. The smallest absolute Gasteiger partial charge is 0.268 e. The summed E-state index contributed by atoms with van der Waals surface area (Å²) in [4.78, 5) is 49.1. The molecule has 0 bridgehead atoms. The molecule has 0 fully saturated rings. The van der Waals surface area contributed by atoms with Crippen molar-refractivity contribution in [1.82, 2.24) is 28.7 Å². The van der Waals surface area contributed by atoms with Crippen LogP contribution in [0.4, 0.5) is 52.2 Å². The van der Waals surface area contributed by atoms with Gasteiger partial charge in [-0.15, -0.1) is 0 Å². The van der Waals surface area contributed by atoms with Gasteiger partial charge < -0.3 is 22.1 Å². The first-order valence-electron chi connectivity index (χ1n) is 18.5. The molecule has 6 N–H and O–H groups in total. The molecule has 0 aliphatic heterocycles. The average Bonchev–Trinajstić information content (AvgIpc) is 3.24. The lowest BCUT2D eigenvalue weighted by Gasteiger charge is -2.20. The molecule has 0 spiro atoms. The van der Waals surface area contributed by atoms with E-state index in [9.17, 15) is 27.2 Å². The van der Waals surface area contributed by atoms with Gasteiger partial charge in [0.25, 0.3) is 22.5 Å². The molecule has 62 heavy (non-hydrogen) atoms. The quantitative estimate of drug-likeness (QED) is 0.0855. The number of halogens is 4. The second kappa shape index (κ2) is 17.3. The van der Waals surface area contributed by atoms with Crippen LogP contribution in [-0.4, -0.2) is 28.7 Å². The number of aromatic nitrogens is 6. The number of rotatable bonds is 8. The predicted octanol–water partition coefficient (Wildman–Crippen LogP) is 8.68. The van der Waals surface area contributed by atoms with Gasteiger partial charge in [0.05, 0.1) is 24.3 Å².